The van der Waals surface area contributed by atoms with E-state index in [-0.39, 0.29) is 0 Å². The molecule has 0 radical (unpaired) electrons. The van der Waals surface area contributed by atoms with Crippen LogP contribution in [0.25, 0.3) is 0 Å². The minimum absolute atomic E-state index is 0.573. The molecule has 1 aromatic rings. The molecule has 0 saturated carbocycles. The van der Waals surface area contributed by atoms with Gasteiger partial charge in [0, 0.05) is 16.5 Å². The summed E-state index contributed by atoms with van der Waals surface area (Å²) < 4.78 is 12.1. The summed E-state index contributed by atoms with van der Waals surface area (Å²) >= 11 is 5.89. The first kappa shape index (κ1) is 15.5. The van der Waals surface area contributed by atoms with Crippen molar-refractivity contribution in [2.45, 2.75) is 50.3 Å². The van der Waals surface area contributed by atoms with Crippen molar-refractivity contribution in [3.63, 3.8) is 0 Å². The molecule has 0 aromatic heterocycles. The molecule has 1 atom stereocenters. The summed E-state index contributed by atoms with van der Waals surface area (Å²) in [6.45, 7) is 2.21. The number of unbranched alkanes of at least 4 members (excludes halogenated alkanes) is 5. The lowest BCUT2D eigenvalue weighted by Crippen LogP contribution is -2.02. The van der Waals surface area contributed by atoms with Gasteiger partial charge in [-0.3, -0.25) is 4.21 Å². The van der Waals surface area contributed by atoms with Crippen LogP contribution in [0.3, 0.4) is 0 Å². The zero-order valence-electron chi connectivity index (χ0n) is 11.0. The quantitative estimate of drug-likeness (QED) is 0.569. The molecular weight excluding hydrogens is 266 g/mol. The van der Waals surface area contributed by atoms with Crippen LogP contribution in [-0.2, 0) is 10.8 Å². The SMILES string of the molecule is CCCCCCCCS(=O)c1cc(Cl)ccc1N. The van der Waals surface area contributed by atoms with Gasteiger partial charge in [-0.25, -0.2) is 0 Å². The molecule has 0 aliphatic rings. The van der Waals surface area contributed by atoms with E-state index in [1.165, 1.54) is 25.7 Å². The smallest absolute Gasteiger partial charge is 0.0632 e. The highest BCUT2D eigenvalue weighted by molar-refractivity contribution is 7.85. The molecule has 2 N–H and O–H groups in total. The van der Waals surface area contributed by atoms with Crippen LogP contribution in [0.15, 0.2) is 23.1 Å². The van der Waals surface area contributed by atoms with Crippen LogP contribution in [0.4, 0.5) is 5.69 Å². The van der Waals surface area contributed by atoms with Crippen molar-refractivity contribution in [3.05, 3.63) is 23.2 Å². The van der Waals surface area contributed by atoms with Gasteiger partial charge in [0.05, 0.1) is 15.7 Å². The molecule has 4 heteroatoms. The molecule has 0 aliphatic heterocycles. The highest BCUT2D eigenvalue weighted by Gasteiger charge is 2.08. The molecule has 0 amide bonds. The van der Waals surface area contributed by atoms with E-state index in [0.29, 0.717) is 21.4 Å². The number of benzene rings is 1. The van der Waals surface area contributed by atoms with Crippen LogP contribution in [0.5, 0.6) is 0 Å². The predicted octanol–water partition coefficient (Wildman–Crippen LogP) is 4.39. The lowest BCUT2D eigenvalue weighted by atomic mass is 10.1. The number of hydrogen-bond acceptors (Lipinski definition) is 2. The highest BCUT2D eigenvalue weighted by atomic mass is 35.5. The summed E-state index contributed by atoms with van der Waals surface area (Å²) in [5, 5.41) is 0.593. The Hall–Kier alpha value is -0.540. The molecule has 0 aliphatic carbocycles. The van der Waals surface area contributed by atoms with Crippen molar-refractivity contribution in [1.82, 2.24) is 0 Å². The van der Waals surface area contributed by atoms with Crippen molar-refractivity contribution < 1.29 is 4.21 Å². The maximum absolute atomic E-state index is 12.1. The number of halogens is 1. The lowest BCUT2D eigenvalue weighted by molar-refractivity contribution is 0.622. The minimum Gasteiger partial charge on any atom is -0.398 e. The van der Waals surface area contributed by atoms with Crippen LogP contribution < -0.4 is 5.73 Å². The normalized spacial score (nSPS) is 12.6. The molecular formula is C14H22ClNOS. The average molecular weight is 288 g/mol. The number of nitrogens with two attached hydrogens (primary N) is 1. The third-order valence-electron chi connectivity index (χ3n) is 2.90. The highest BCUT2D eigenvalue weighted by Crippen LogP contribution is 2.22. The van der Waals surface area contributed by atoms with Gasteiger partial charge in [-0.1, -0.05) is 50.6 Å². The van der Waals surface area contributed by atoms with E-state index in [2.05, 4.69) is 6.92 Å². The third kappa shape index (κ3) is 5.40. The molecule has 18 heavy (non-hydrogen) atoms. The summed E-state index contributed by atoms with van der Waals surface area (Å²) in [5.41, 5.74) is 6.38. The Morgan fingerprint density at radius 3 is 2.56 bits per heavy atom. The molecule has 0 bridgehead atoms. The van der Waals surface area contributed by atoms with E-state index < -0.39 is 10.8 Å². The average Bonchev–Trinajstić information content (AvgIpc) is 2.36. The van der Waals surface area contributed by atoms with Crippen molar-refractivity contribution in [1.29, 1.82) is 0 Å². The van der Waals surface area contributed by atoms with Crippen molar-refractivity contribution in [3.8, 4) is 0 Å². The molecule has 0 saturated heterocycles. The van der Waals surface area contributed by atoms with E-state index >= 15 is 0 Å². The predicted molar refractivity (Wildman–Crippen MR) is 80.5 cm³/mol. The maximum atomic E-state index is 12.1. The molecule has 0 heterocycles. The van der Waals surface area contributed by atoms with Crippen LogP contribution >= 0.6 is 11.6 Å². The van der Waals surface area contributed by atoms with Gasteiger partial charge in [0.25, 0.3) is 0 Å². The molecule has 1 aromatic carbocycles. The molecule has 1 unspecified atom stereocenters. The number of rotatable bonds is 8. The monoisotopic (exact) mass is 287 g/mol. The summed E-state index contributed by atoms with van der Waals surface area (Å²) in [5.74, 6) is 0.677. The first-order chi connectivity index (χ1) is 8.65. The van der Waals surface area contributed by atoms with Gasteiger partial charge in [0.2, 0.25) is 0 Å². The molecule has 0 fully saturated rings. The van der Waals surface area contributed by atoms with Crippen LogP contribution in [0, 0.1) is 0 Å². The number of nitrogen functional groups attached to an aromatic ring is 1. The van der Waals surface area contributed by atoms with Gasteiger partial charge in [0.15, 0.2) is 0 Å². The van der Waals surface area contributed by atoms with E-state index in [1.807, 2.05) is 0 Å². The van der Waals surface area contributed by atoms with Gasteiger partial charge in [-0.05, 0) is 24.6 Å². The maximum Gasteiger partial charge on any atom is 0.0632 e. The van der Waals surface area contributed by atoms with Gasteiger partial charge in [-0.15, -0.1) is 0 Å². The Morgan fingerprint density at radius 2 is 1.83 bits per heavy atom. The second-order valence-corrected chi connectivity index (χ2v) is 6.48. The van der Waals surface area contributed by atoms with Crippen molar-refractivity contribution >= 4 is 28.1 Å². The minimum atomic E-state index is -1.02. The van der Waals surface area contributed by atoms with E-state index in [9.17, 15) is 4.21 Å². The first-order valence-electron chi connectivity index (χ1n) is 6.58. The Morgan fingerprint density at radius 1 is 1.17 bits per heavy atom. The summed E-state index contributed by atoms with van der Waals surface area (Å²) in [6, 6.07) is 5.16. The molecule has 0 spiro atoms. The molecule has 102 valence electrons. The Bertz CT molecular complexity index is 395. The zero-order valence-corrected chi connectivity index (χ0v) is 12.5. The van der Waals surface area contributed by atoms with Crippen LogP contribution in [-0.4, -0.2) is 9.96 Å². The van der Waals surface area contributed by atoms with Gasteiger partial charge >= 0.3 is 0 Å². The fraction of sp³-hybridized carbons (Fsp3) is 0.571. The van der Waals surface area contributed by atoms with E-state index in [0.717, 1.165) is 12.8 Å². The third-order valence-corrected chi connectivity index (χ3v) is 4.64. The molecule has 1 rings (SSSR count). The number of anilines is 1. The van der Waals surface area contributed by atoms with Gasteiger partial charge in [0.1, 0.15) is 0 Å². The van der Waals surface area contributed by atoms with Crippen molar-refractivity contribution in [2.24, 2.45) is 0 Å². The van der Waals surface area contributed by atoms with Crippen LogP contribution in [0.2, 0.25) is 5.02 Å². The van der Waals surface area contributed by atoms with Gasteiger partial charge in [-0.2, -0.15) is 0 Å². The Balaban J connectivity index is 2.34. The number of hydrogen-bond donors (Lipinski definition) is 1. The zero-order chi connectivity index (χ0) is 13.4. The van der Waals surface area contributed by atoms with E-state index in [4.69, 9.17) is 17.3 Å². The Kier molecular flexibility index (Phi) is 7.36. The standard InChI is InChI=1S/C14H22ClNOS/c1-2-3-4-5-6-7-10-18(17)14-11-12(15)8-9-13(14)16/h8-9,11H,2-7,10,16H2,1H3. The second-order valence-electron chi connectivity index (χ2n) is 4.50. The molecule has 2 nitrogen and oxygen atoms in total. The summed E-state index contributed by atoms with van der Waals surface area (Å²) in [7, 11) is -1.02. The summed E-state index contributed by atoms with van der Waals surface area (Å²) in [4.78, 5) is 0.677. The fourth-order valence-corrected chi connectivity index (χ4v) is 3.34. The fourth-order valence-electron chi connectivity index (χ4n) is 1.83. The van der Waals surface area contributed by atoms with Crippen LogP contribution in [0.1, 0.15) is 45.4 Å². The van der Waals surface area contributed by atoms with Crippen molar-refractivity contribution in [2.75, 3.05) is 11.5 Å². The second kappa shape index (κ2) is 8.54. The largest absolute Gasteiger partial charge is 0.398 e. The first-order valence-corrected chi connectivity index (χ1v) is 8.28. The Labute approximate surface area is 117 Å². The van der Waals surface area contributed by atoms with Gasteiger partial charge < -0.3 is 5.73 Å². The summed E-state index contributed by atoms with van der Waals surface area (Å²) in [6.07, 6.45) is 7.20. The lowest BCUT2D eigenvalue weighted by Gasteiger charge is -2.06. The topological polar surface area (TPSA) is 43.1 Å². The van der Waals surface area contributed by atoms with E-state index in [1.54, 1.807) is 18.2 Å².